The first kappa shape index (κ1) is 13.9. The van der Waals surface area contributed by atoms with Gasteiger partial charge in [-0.15, -0.1) is 0 Å². The molecule has 0 aliphatic carbocycles. The van der Waals surface area contributed by atoms with Crippen LogP contribution in [0.5, 0.6) is 0 Å². The lowest BCUT2D eigenvalue weighted by atomic mass is 9.96. The zero-order valence-corrected chi connectivity index (χ0v) is 12.5. The fourth-order valence-electron chi connectivity index (χ4n) is 3.34. The molecule has 2 aromatic heterocycles. The van der Waals surface area contributed by atoms with Gasteiger partial charge in [-0.2, -0.15) is 5.10 Å². The van der Waals surface area contributed by atoms with Crippen LogP contribution in [-0.2, 0) is 30.7 Å². The number of nitrogen functional groups attached to an aromatic ring is 1. The standard InChI is InChI=1S/C14H17N7O2/c15-14-18-10-6-20(4-3-9(10)12(22)19-14)13(23)8-1-2-11-16-7-17-21(11)5-8/h7-8H,1-6H2,(H3,15,18,19,22). The van der Waals surface area contributed by atoms with Crippen LogP contribution in [0.2, 0.25) is 0 Å². The predicted molar refractivity (Wildman–Crippen MR) is 80.2 cm³/mol. The number of fused-ring (bicyclic) bond motifs is 2. The maximum Gasteiger partial charge on any atom is 0.255 e. The van der Waals surface area contributed by atoms with Gasteiger partial charge in [0.05, 0.1) is 24.7 Å². The van der Waals surface area contributed by atoms with E-state index >= 15 is 0 Å². The molecule has 2 aliphatic heterocycles. The van der Waals surface area contributed by atoms with E-state index in [0.29, 0.717) is 37.3 Å². The predicted octanol–water partition coefficient (Wildman–Crippen LogP) is -0.909. The lowest BCUT2D eigenvalue weighted by Gasteiger charge is -2.32. The maximum absolute atomic E-state index is 12.8. The molecule has 1 amide bonds. The molecule has 0 aromatic carbocycles. The average Bonchev–Trinajstić information content (AvgIpc) is 3.01. The number of aryl methyl sites for hydroxylation is 1. The highest BCUT2D eigenvalue weighted by atomic mass is 16.2. The number of nitrogens with one attached hydrogen (secondary N) is 1. The molecule has 4 rings (SSSR count). The number of nitrogens with two attached hydrogens (primary N) is 1. The molecule has 1 atom stereocenters. The zero-order valence-electron chi connectivity index (χ0n) is 12.5. The van der Waals surface area contributed by atoms with Crippen molar-refractivity contribution in [3.05, 3.63) is 33.8 Å². The third kappa shape index (κ3) is 2.37. The number of aromatic amines is 1. The smallest absolute Gasteiger partial charge is 0.255 e. The van der Waals surface area contributed by atoms with Crippen LogP contribution in [0, 0.1) is 5.92 Å². The van der Waals surface area contributed by atoms with Crippen molar-refractivity contribution in [2.45, 2.75) is 32.4 Å². The number of hydrogen-bond donors (Lipinski definition) is 2. The van der Waals surface area contributed by atoms with Gasteiger partial charge >= 0.3 is 0 Å². The van der Waals surface area contributed by atoms with Gasteiger partial charge in [0, 0.05) is 18.5 Å². The molecule has 1 unspecified atom stereocenters. The third-order valence-corrected chi connectivity index (χ3v) is 4.56. The highest BCUT2D eigenvalue weighted by molar-refractivity contribution is 5.79. The van der Waals surface area contributed by atoms with Gasteiger partial charge in [-0.05, 0) is 12.8 Å². The minimum absolute atomic E-state index is 0.0810. The van der Waals surface area contributed by atoms with Crippen molar-refractivity contribution < 1.29 is 4.79 Å². The molecule has 9 heteroatoms. The lowest BCUT2D eigenvalue weighted by molar-refractivity contribution is -0.137. The highest BCUT2D eigenvalue weighted by Gasteiger charge is 2.32. The second-order valence-corrected chi connectivity index (χ2v) is 5.98. The van der Waals surface area contributed by atoms with E-state index in [0.717, 1.165) is 18.7 Å². The average molecular weight is 315 g/mol. The fraction of sp³-hybridized carbons (Fsp3) is 0.500. The van der Waals surface area contributed by atoms with E-state index < -0.39 is 0 Å². The van der Waals surface area contributed by atoms with Crippen molar-refractivity contribution in [1.82, 2.24) is 29.6 Å². The first-order valence-electron chi connectivity index (χ1n) is 7.65. The zero-order chi connectivity index (χ0) is 16.0. The summed E-state index contributed by atoms with van der Waals surface area (Å²) in [6.45, 7) is 1.42. The summed E-state index contributed by atoms with van der Waals surface area (Å²) in [5, 5.41) is 4.15. The summed E-state index contributed by atoms with van der Waals surface area (Å²) >= 11 is 0. The second-order valence-electron chi connectivity index (χ2n) is 5.98. The Labute approximate surface area is 131 Å². The molecule has 120 valence electrons. The monoisotopic (exact) mass is 315 g/mol. The summed E-state index contributed by atoms with van der Waals surface area (Å²) in [6.07, 6.45) is 3.56. The molecule has 2 aliphatic rings. The van der Waals surface area contributed by atoms with Gasteiger partial charge in [-0.3, -0.25) is 14.6 Å². The van der Waals surface area contributed by atoms with Gasteiger partial charge in [-0.1, -0.05) is 0 Å². The summed E-state index contributed by atoms with van der Waals surface area (Å²) in [4.78, 5) is 37.3. The Bertz CT molecular complexity index is 825. The third-order valence-electron chi connectivity index (χ3n) is 4.56. The van der Waals surface area contributed by atoms with Gasteiger partial charge in [0.2, 0.25) is 11.9 Å². The van der Waals surface area contributed by atoms with Gasteiger partial charge in [0.25, 0.3) is 5.56 Å². The molecular formula is C14H17N7O2. The molecule has 0 saturated heterocycles. The van der Waals surface area contributed by atoms with Crippen molar-refractivity contribution >= 4 is 11.9 Å². The van der Waals surface area contributed by atoms with Crippen molar-refractivity contribution in [2.75, 3.05) is 12.3 Å². The maximum atomic E-state index is 12.8. The number of carbonyl (C=O) groups excluding carboxylic acids is 1. The summed E-state index contributed by atoms with van der Waals surface area (Å²) in [5.41, 5.74) is 6.63. The van der Waals surface area contributed by atoms with E-state index in [1.807, 2.05) is 0 Å². The number of aromatic nitrogens is 5. The van der Waals surface area contributed by atoms with Crippen LogP contribution < -0.4 is 11.3 Å². The lowest BCUT2D eigenvalue weighted by Crippen LogP contribution is -2.44. The molecule has 3 N–H and O–H groups in total. The molecule has 0 fully saturated rings. The van der Waals surface area contributed by atoms with E-state index in [4.69, 9.17) is 5.73 Å². The van der Waals surface area contributed by atoms with Crippen LogP contribution in [-0.4, -0.2) is 42.1 Å². The highest BCUT2D eigenvalue weighted by Crippen LogP contribution is 2.23. The number of carbonyl (C=O) groups is 1. The summed E-state index contributed by atoms with van der Waals surface area (Å²) in [7, 11) is 0. The molecule has 4 heterocycles. The van der Waals surface area contributed by atoms with E-state index in [1.54, 1.807) is 9.58 Å². The number of rotatable bonds is 1. The van der Waals surface area contributed by atoms with E-state index in [9.17, 15) is 9.59 Å². The van der Waals surface area contributed by atoms with Crippen molar-refractivity contribution in [3.63, 3.8) is 0 Å². The number of nitrogens with zero attached hydrogens (tertiary/aromatic N) is 5. The summed E-state index contributed by atoms with van der Waals surface area (Å²) in [5.74, 6) is 0.995. The minimum Gasteiger partial charge on any atom is -0.369 e. The van der Waals surface area contributed by atoms with Gasteiger partial charge in [0.15, 0.2) is 0 Å². The molecule has 0 spiro atoms. The fourth-order valence-corrected chi connectivity index (χ4v) is 3.34. The first-order chi connectivity index (χ1) is 11.1. The van der Waals surface area contributed by atoms with Gasteiger partial charge in [-0.25, -0.2) is 14.6 Å². The Kier molecular flexibility index (Phi) is 3.14. The van der Waals surface area contributed by atoms with Crippen LogP contribution in [0.15, 0.2) is 11.1 Å². The quantitative estimate of drug-likeness (QED) is 0.702. The molecule has 2 aromatic rings. The van der Waals surface area contributed by atoms with Crippen LogP contribution in [0.3, 0.4) is 0 Å². The number of amides is 1. The summed E-state index contributed by atoms with van der Waals surface area (Å²) in [6, 6.07) is 0. The Balaban J connectivity index is 1.53. The van der Waals surface area contributed by atoms with Gasteiger partial charge < -0.3 is 10.6 Å². The van der Waals surface area contributed by atoms with Crippen LogP contribution in [0.4, 0.5) is 5.95 Å². The molecule has 0 bridgehead atoms. The van der Waals surface area contributed by atoms with E-state index in [2.05, 4.69) is 20.1 Å². The van der Waals surface area contributed by atoms with Crippen LogP contribution >= 0.6 is 0 Å². The molecule has 9 nitrogen and oxygen atoms in total. The summed E-state index contributed by atoms with van der Waals surface area (Å²) < 4.78 is 1.80. The van der Waals surface area contributed by atoms with E-state index in [-0.39, 0.29) is 23.3 Å². The Hall–Kier alpha value is -2.71. The van der Waals surface area contributed by atoms with Crippen molar-refractivity contribution in [1.29, 1.82) is 0 Å². The number of anilines is 1. The first-order valence-corrected chi connectivity index (χ1v) is 7.65. The van der Waals surface area contributed by atoms with E-state index in [1.165, 1.54) is 6.33 Å². The van der Waals surface area contributed by atoms with Gasteiger partial charge in [0.1, 0.15) is 12.2 Å². The topological polar surface area (TPSA) is 123 Å². The Morgan fingerprint density at radius 3 is 3.13 bits per heavy atom. The normalized spacial score (nSPS) is 20.0. The molecule has 0 saturated carbocycles. The molecular weight excluding hydrogens is 298 g/mol. The minimum atomic E-state index is -0.204. The Morgan fingerprint density at radius 2 is 2.26 bits per heavy atom. The van der Waals surface area contributed by atoms with Crippen LogP contribution in [0.25, 0.3) is 0 Å². The molecule has 0 radical (unpaired) electrons. The van der Waals surface area contributed by atoms with Crippen molar-refractivity contribution in [2.24, 2.45) is 5.92 Å². The van der Waals surface area contributed by atoms with Crippen molar-refractivity contribution in [3.8, 4) is 0 Å². The second kappa shape index (κ2) is 5.18. The number of H-pyrrole nitrogens is 1. The SMILES string of the molecule is Nc1nc2c(c(=O)[nH]1)CCN(C(=O)C1CCc3ncnn3C1)C2. The molecule has 23 heavy (non-hydrogen) atoms. The largest absolute Gasteiger partial charge is 0.369 e. The Morgan fingerprint density at radius 1 is 1.39 bits per heavy atom. The number of hydrogen-bond acceptors (Lipinski definition) is 6. The van der Waals surface area contributed by atoms with Crippen LogP contribution in [0.1, 0.15) is 23.5 Å².